The zero-order valence-electron chi connectivity index (χ0n) is 16.1. The lowest BCUT2D eigenvalue weighted by molar-refractivity contribution is -0.179. The van der Waals surface area contributed by atoms with Gasteiger partial charge in [0.15, 0.2) is 0 Å². The van der Waals surface area contributed by atoms with E-state index in [0.29, 0.717) is 5.06 Å². The molecule has 2 rings (SSSR count). The molecule has 0 N–H and O–H groups in total. The predicted molar refractivity (Wildman–Crippen MR) is 96.4 cm³/mol. The molecule has 14 heteroatoms. The molecule has 0 aliphatic carbocycles. The first-order chi connectivity index (χ1) is 13.6. The highest BCUT2D eigenvalue weighted by Crippen LogP contribution is 2.27. The Labute approximate surface area is 167 Å². The summed E-state index contributed by atoms with van der Waals surface area (Å²) in [4.78, 5) is 42.6. The number of azide groups is 1. The van der Waals surface area contributed by atoms with Gasteiger partial charge < -0.3 is 9.47 Å². The molecule has 0 spiro atoms. The number of amides is 2. The van der Waals surface area contributed by atoms with Crippen molar-refractivity contribution < 1.29 is 37.1 Å². The Morgan fingerprint density at radius 1 is 1.28 bits per heavy atom. The minimum Gasteiger partial charge on any atom is -0.428 e. The number of nitrogens with zero attached hydrogens (tertiary/aromatic N) is 5. The standard InChI is InChI=1S/C15H23N5O8S/c1-15(2,10-17-18-16)11(9-29(24,25)19-5-7-26-8-6-19)27-14(23)28-20-12(21)3-4-13(20)22/h11H,3-10H2,1-2H3. The lowest BCUT2D eigenvalue weighted by atomic mass is 9.87. The van der Waals surface area contributed by atoms with Crippen LogP contribution in [0.5, 0.6) is 0 Å². The van der Waals surface area contributed by atoms with Gasteiger partial charge in [-0.2, -0.15) is 4.31 Å². The van der Waals surface area contributed by atoms with Crippen molar-refractivity contribution in [3.63, 3.8) is 0 Å². The first-order valence-electron chi connectivity index (χ1n) is 8.87. The summed E-state index contributed by atoms with van der Waals surface area (Å²) in [5.41, 5.74) is 7.50. The number of hydrogen-bond acceptors (Lipinski definition) is 9. The Kier molecular flexibility index (Phi) is 7.41. The maximum Gasteiger partial charge on any atom is 0.534 e. The molecule has 162 valence electrons. The van der Waals surface area contributed by atoms with Crippen molar-refractivity contribution in [2.45, 2.75) is 32.8 Å². The average molecular weight is 433 g/mol. The topological polar surface area (TPSA) is 168 Å². The molecule has 2 saturated heterocycles. The Bertz CT molecular complexity index is 786. The van der Waals surface area contributed by atoms with Crippen molar-refractivity contribution in [3.05, 3.63) is 10.4 Å². The molecule has 1 unspecified atom stereocenters. The van der Waals surface area contributed by atoms with Gasteiger partial charge in [-0.25, -0.2) is 13.2 Å². The molecule has 2 aliphatic rings. The number of imide groups is 1. The fourth-order valence-electron chi connectivity index (χ4n) is 2.73. The van der Waals surface area contributed by atoms with E-state index in [9.17, 15) is 22.8 Å². The van der Waals surface area contributed by atoms with E-state index in [1.165, 1.54) is 4.31 Å². The first kappa shape index (κ1) is 22.9. The fraction of sp³-hybridized carbons (Fsp3) is 0.800. The van der Waals surface area contributed by atoms with Gasteiger partial charge in [0, 0.05) is 42.8 Å². The molecule has 13 nitrogen and oxygen atoms in total. The maximum absolute atomic E-state index is 12.8. The van der Waals surface area contributed by atoms with Crippen LogP contribution < -0.4 is 0 Å². The van der Waals surface area contributed by atoms with Crippen molar-refractivity contribution in [3.8, 4) is 0 Å². The minimum absolute atomic E-state index is 0.0939. The molecule has 29 heavy (non-hydrogen) atoms. The summed E-state index contributed by atoms with van der Waals surface area (Å²) < 4.78 is 37.1. The van der Waals surface area contributed by atoms with Crippen molar-refractivity contribution >= 4 is 28.0 Å². The second-order valence-corrected chi connectivity index (χ2v) is 9.21. The molecular formula is C15H23N5O8S. The quantitative estimate of drug-likeness (QED) is 0.176. The Balaban J connectivity index is 2.15. The van der Waals surface area contributed by atoms with Gasteiger partial charge in [0.2, 0.25) is 10.0 Å². The summed E-state index contributed by atoms with van der Waals surface area (Å²) in [7, 11) is -3.85. The number of hydrogen-bond donors (Lipinski definition) is 0. The van der Waals surface area contributed by atoms with E-state index in [4.69, 9.17) is 15.0 Å². The third kappa shape index (κ3) is 6.03. The van der Waals surface area contributed by atoms with E-state index in [1.807, 2.05) is 0 Å². The van der Waals surface area contributed by atoms with Crippen molar-refractivity contribution in [2.75, 3.05) is 38.6 Å². The summed E-state index contributed by atoms with van der Waals surface area (Å²) in [5.74, 6) is -1.99. The van der Waals surface area contributed by atoms with Gasteiger partial charge in [-0.3, -0.25) is 14.4 Å². The van der Waals surface area contributed by atoms with Crippen LogP contribution in [0, 0.1) is 5.41 Å². The normalized spacial score (nSPS) is 19.6. The summed E-state index contributed by atoms with van der Waals surface area (Å²) in [6.45, 7) is 3.76. The molecule has 0 radical (unpaired) electrons. The van der Waals surface area contributed by atoms with Gasteiger partial charge in [0.05, 0.1) is 13.2 Å². The Hall–Kier alpha value is -2.41. The fourth-order valence-corrected chi connectivity index (χ4v) is 4.54. The van der Waals surface area contributed by atoms with Crippen LogP contribution in [-0.4, -0.2) is 80.5 Å². The zero-order valence-corrected chi connectivity index (χ0v) is 17.0. The van der Waals surface area contributed by atoms with Gasteiger partial charge in [-0.05, 0) is 5.53 Å². The largest absolute Gasteiger partial charge is 0.534 e. The van der Waals surface area contributed by atoms with Gasteiger partial charge in [-0.15, -0.1) is 0 Å². The number of ether oxygens (including phenoxy) is 2. The maximum atomic E-state index is 12.8. The van der Waals surface area contributed by atoms with Gasteiger partial charge in [-0.1, -0.05) is 24.0 Å². The second-order valence-electron chi connectivity index (χ2n) is 7.20. The molecule has 0 bridgehead atoms. The predicted octanol–water partition coefficient (Wildman–Crippen LogP) is 0.571. The van der Waals surface area contributed by atoms with E-state index >= 15 is 0 Å². The first-order valence-corrected chi connectivity index (χ1v) is 10.5. The minimum atomic E-state index is -3.85. The molecule has 2 fully saturated rings. The summed E-state index contributed by atoms with van der Waals surface area (Å²) in [6, 6.07) is 0. The van der Waals surface area contributed by atoms with Crippen LogP contribution in [-0.2, 0) is 33.9 Å². The highest BCUT2D eigenvalue weighted by molar-refractivity contribution is 7.89. The van der Waals surface area contributed by atoms with Crippen molar-refractivity contribution in [1.82, 2.24) is 9.37 Å². The molecule has 0 aromatic heterocycles. The van der Waals surface area contributed by atoms with E-state index in [0.717, 1.165) is 0 Å². The van der Waals surface area contributed by atoms with E-state index in [1.54, 1.807) is 13.8 Å². The zero-order chi connectivity index (χ0) is 21.7. The lowest BCUT2D eigenvalue weighted by Gasteiger charge is -2.34. The van der Waals surface area contributed by atoms with Crippen LogP contribution in [0.2, 0.25) is 0 Å². The number of sulfonamides is 1. The summed E-state index contributed by atoms with van der Waals surface area (Å²) in [6.07, 6.45) is -2.86. The van der Waals surface area contributed by atoms with Crippen LogP contribution in [0.25, 0.3) is 10.4 Å². The molecular weight excluding hydrogens is 410 g/mol. The highest BCUT2D eigenvalue weighted by atomic mass is 32.2. The van der Waals surface area contributed by atoms with E-state index < -0.39 is 45.3 Å². The Morgan fingerprint density at radius 2 is 1.86 bits per heavy atom. The number of rotatable bonds is 8. The molecule has 2 heterocycles. The third-order valence-corrected chi connectivity index (χ3v) is 6.42. The number of morpholine rings is 1. The number of carbonyl (C=O) groups is 3. The monoisotopic (exact) mass is 433 g/mol. The Morgan fingerprint density at radius 3 is 2.41 bits per heavy atom. The van der Waals surface area contributed by atoms with Crippen molar-refractivity contribution in [2.24, 2.45) is 10.5 Å². The molecule has 0 saturated carbocycles. The van der Waals surface area contributed by atoms with Gasteiger partial charge in [0.1, 0.15) is 11.9 Å². The van der Waals surface area contributed by atoms with Crippen LogP contribution >= 0.6 is 0 Å². The van der Waals surface area contributed by atoms with Crippen LogP contribution in [0.15, 0.2) is 5.11 Å². The second kappa shape index (κ2) is 9.39. The number of carbonyl (C=O) groups excluding carboxylic acids is 3. The van der Waals surface area contributed by atoms with E-state index in [2.05, 4.69) is 14.9 Å². The molecule has 0 aromatic rings. The van der Waals surface area contributed by atoms with Crippen LogP contribution in [0.1, 0.15) is 26.7 Å². The summed E-state index contributed by atoms with van der Waals surface area (Å²) >= 11 is 0. The molecule has 0 aromatic carbocycles. The van der Waals surface area contributed by atoms with Gasteiger partial charge >= 0.3 is 6.16 Å². The van der Waals surface area contributed by atoms with Crippen LogP contribution in [0.4, 0.5) is 4.79 Å². The SMILES string of the molecule is CC(C)(CN=[N+]=[N-])C(CS(=O)(=O)N1CCOCC1)OC(=O)ON1C(=O)CCC1=O. The molecule has 2 amide bonds. The highest BCUT2D eigenvalue weighted by Gasteiger charge is 2.40. The van der Waals surface area contributed by atoms with Crippen molar-refractivity contribution in [1.29, 1.82) is 0 Å². The van der Waals surface area contributed by atoms with Crippen LogP contribution in [0.3, 0.4) is 0 Å². The van der Waals surface area contributed by atoms with E-state index in [-0.39, 0.29) is 45.7 Å². The molecule has 2 aliphatic heterocycles. The smallest absolute Gasteiger partial charge is 0.428 e. The average Bonchev–Trinajstić information content (AvgIpc) is 2.98. The molecule has 1 atom stereocenters. The van der Waals surface area contributed by atoms with Gasteiger partial charge in [0.25, 0.3) is 11.8 Å². The summed E-state index contributed by atoms with van der Waals surface area (Å²) in [5, 5.41) is 3.74. The lowest BCUT2D eigenvalue weighted by Crippen LogP contribution is -2.48. The number of hydroxylamine groups is 2. The third-order valence-electron chi connectivity index (χ3n) is 4.55.